The molecule has 1 unspecified atom stereocenters. The second kappa shape index (κ2) is 9.18. The lowest BCUT2D eigenvalue weighted by Crippen LogP contribution is -2.46. The lowest BCUT2D eigenvalue weighted by Gasteiger charge is -2.36. The average molecular weight is 384 g/mol. The maximum absolute atomic E-state index is 11.3. The number of carbonyl (C=O) groups excluding carboxylic acids is 1. The molecule has 1 fully saturated rings. The molecule has 1 heterocycles. The van der Waals surface area contributed by atoms with Gasteiger partial charge in [0, 0.05) is 57.0 Å². The summed E-state index contributed by atoms with van der Waals surface area (Å²) in [7, 11) is 0. The summed E-state index contributed by atoms with van der Waals surface area (Å²) in [6.45, 7) is 4.34. The number of non-ortho nitro benzene ring substituents is 1. The zero-order chi connectivity index (χ0) is 19.9. The summed E-state index contributed by atoms with van der Waals surface area (Å²) >= 11 is 0. The van der Waals surface area contributed by atoms with Crippen LogP contribution in [-0.2, 0) is 4.74 Å². The highest BCUT2D eigenvalue weighted by Crippen LogP contribution is 2.26. The molecule has 0 bridgehead atoms. The molecule has 2 aromatic carbocycles. The molecule has 1 aliphatic rings. The van der Waals surface area contributed by atoms with E-state index in [2.05, 4.69) is 21.9 Å². The van der Waals surface area contributed by atoms with Crippen molar-refractivity contribution in [3.05, 3.63) is 70.3 Å². The number of anilines is 1. The quantitative estimate of drug-likeness (QED) is 0.582. The molecule has 0 saturated carbocycles. The molecule has 1 atom stereocenters. The highest BCUT2D eigenvalue weighted by atomic mass is 16.6. The molecule has 2 aromatic rings. The predicted molar refractivity (Wildman–Crippen MR) is 106 cm³/mol. The average Bonchev–Trinajstić information content (AvgIpc) is 2.72. The summed E-state index contributed by atoms with van der Waals surface area (Å²) in [5, 5.41) is 11.0. The molecule has 0 radical (unpaired) electrons. The number of nitrogens with zero attached hydrogens (tertiary/aromatic N) is 3. The largest absolute Gasteiger partial charge is 0.441 e. The van der Waals surface area contributed by atoms with Gasteiger partial charge in [0.25, 0.3) is 5.69 Å². The zero-order valence-corrected chi connectivity index (χ0v) is 15.6. The maximum atomic E-state index is 11.3. The number of piperazine rings is 1. The SMILES string of the molecule is NC(=O)OC(CCN1CCN(c2ccccc2)CC1)c1cccc([N+](=O)[O-])c1. The van der Waals surface area contributed by atoms with E-state index in [-0.39, 0.29) is 5.69 Å². The number of nitro groups is 1. The molecular formula is C20H24N4O4. The third-order valence-corrected chi connectivity index (χ3v) is 4.91. The van der Waals surface area contributed by atoms with Crippen LogP contribution in [-0.4, -0.2) is 48.6 Å². The van der Waals surface area contributed by atoms with E-state index in [1.54, 1.807) is 12.1 Å². The Morgan fingerprint density at radius 3 is 2.46 bits per heavy atom. The van der Waals surface area contributed by atoms with Crippen molar-refractivity contribution in [2.75, 3.05) is 37.6 Å². The number of nitrogens with two attached hydrogens (primary N) is 1. The van der Waals surface area contributed by atoms with Crippen LogP contribution in [0.3, 0.4) is 0 Å². The van der Waals surface area contributed by atoms with Crippen molar-refractivity contribution in [1.82, 2.24) is 4.90 Å². The van der Waals surface area contributed by atoms with Crippen LogP contribution in [0.25, 0.3) is 0 Å². The van der Waals surface area contributed by atoms with Crippen LogP contribution in [0, 0.1) is 10.1 Å². The van der Waals surface area contributed by atoms with Crippen molar-refractivity contribution in [3.63, 3.8) is 0 Å². The molecule has 0 aromatic heterocycles. The van der Waals surface area contributed by atoms with E-state index in [4.69, 9.17) is 10.5 Å². The Balaban J connectivity index is 1.58. The minimum Gasteiger partial charge on any atom is -0.441 e. The van der Waals surface area contributed by atoms with Gasteiger partial charge < -0.3 is 15.4 Å². The van der Waals surface area contributed by atoms with Crippen LogP contribution in [0.2, 0.25) is 0 Å². The Morgan fingerprint density at radius 2 is 1.82 bits per heavy atom. The molecule has 1 amide bonds. The van der Waals surface area contributed by atoms with Crippen molar-refractivity contribution in [1.29, 1.82) is 0 Å². The first-order valence-electron chi connectivity index (χ1n) is 9.26. The topological polar surface area (TPSA) is 102 Å². The highest BCUT2D eigenvalue weighted by molar-refractivity contribution is 5.65. The van der Waals surface area contributed by atoms with Gasteiger partial charge in [0.2, 0.25) is 0 Å². The van der Waals surface area contributed by atoms with E-state index in [1.165, 1.54) is 17.8 Å². The molecule has 0 spiro atoms. The Bertz CT molecular complexity index is 807. The number of hydrogen-bond donors (Lipinski definition) is 1. The zero-order valence-electron chi connectivity index (χ0n) is 15.6. The fourth-order valence-electron chi connectivity index (χ4n) is 3.44. The Hall–Kier alpha value is -3.13. The van der Waals surface area contributed by atoms with Gasteiger partial charge in [0.1, 0.15) is 6.10 Å². The van der Waals surface area contributed by atoms with E-state index in [0.717, 1.165) is 26.2 Å². The molecule has 1 aliphatic heterocycles. The van der Waals surface area contributed by atoms with E-state index >= 15 is 0 Å². The van der Waals surface area contributed by atoms with Gasteiger partial charge >= 0.3 is 6.09 Å². The Morgan fingerprint density at radius 1 is 1.11 bits per heavy atom. The van der Waals surface area contributed by atoms with Crippen LogP contribution < -0.4 is 10.6 Å². The number of amides is 1. The number of ether oxygens (including phenoxy) is 1. The molecule has 8 nitrogen and oxygen atoms in total. The Labute approximate surface area is 163 Å². The van der Waals surface area contributed by atoms with Crippen molar-refractivity contribution in [2.45, 2.75) is 12.5 Å². The van der Waals surface area contributed by atoms with E-state index in [0.29, 0.717) is 18.5 Å². The lowest BCUT2D eigenvalue weighted by atomic mass is 10.1. The number of carbonyl (C=O) groups is 1. The molecular weight excluding hydrogens is 360 g/mol. The van der Waals surface area contributed by atoms with Gasteiger partial charge in [-0.25, -0.2) is 4.79 Å². The van der Waals surface area contributed by atoms with Crippen LogP contribution >= 0.6 is 0 Å². The summed E-state index contributed by atoms with van der Waals surface area (Å²) in [4.78, 5) is 26.5. The van der Waals surface area contributed by atoms with E-state index < -0.39 is 17.1 Å². The molecule has 0 aliphatic carbocycles. The predicted octanol–water partition coefficient (Wildman–Crippen LogP) is 2.94. The molecule has 2 N–H and O–H groups in total. The van der Waals surface area contributed by atoms with Crippen LogP contribution in [0.1, 0.15) is 18.1 Å². The van der Waals surface area contributed by atoms with Gasteiger partial charge in [0.15, 0.2) is 0 Å². The fourth-order valence-corrected chi connectivity index (χ4v) is 3.44. The van der Waals surface area contributed by atoms with Gasteiger partial charge in [-0.2, -0.15) is 0 Å². The van der Waals surface area contributed by atoms with Gasteiger partial charge in [-0.15, -0.1) is 0 Å². The first-order valence-corrected chi connectivity index (χ1v) is 9.26. The third kappa shape index (κ3) is 5.20. The number of rotatable bonds is 7. The van der Waals surface area contributed by atoms with Gasteiger partial charge in [0.05, 0.1) is 4.92 Å². The van der Waals surface area contributed by atoms with Gasteiger partial charge in [-0.1, -0.05) is 30.3 Å². The first-order chi connectivity index (χ1) is 13.5. The lowest BCUT2D eigenvalue weighted by molar-refractivity contribution is -0.385. The monoisotopic (exact) mass is 384 g/mol. The molecule has 148 valence electrons. The van der Waals surface area contributed by atoms with E-state index in [9.17, 15) is 14.9 Å². The molecule has 1 saturated heterocycles. The highest BCUT2D eigenvalue weighted by Gasteiger charge is 2.22. The standard InChI is InChI=1S/C20H24N4O4/c21-20(25)28-19(16-5-4-8-18(15-16)24(26)27)9-10-22-11-13-23(14-12-22)17-6-2-1-3-7-17/h1-8,15,19H,9-14H2,(H2,21,25). The van der Waals surface area contributed by atoms with Crippen molar-refractivity contribution in [2.24, 2.45) is 5.73 Å². The van der Waals surface area contributed by atoms with Gasteiger partial charge in [-0.3, -0.25) is 15.0 Å². The third-order valence-electron chi connectivity index (χ3n) is 4.91. The number of nitro benzene ring substituents is 1. The minimum absolute atomic E-state index is 0.0351. The van der Waals surface area contributed by atoms with Crippen molar-refractivity contribution < 1.29 is 14.5 Å². The molecule has 3 rings (SSSR count). The first kappa shape index (κ1) is 19.6. The van der Waals surface area contributed by atoms with Gasteiger partial charge in [-0.05, 0) is 17.7 Å². The van der Waals surface area contributed by atoms with Crippen LogP contribution in [0.15, 0.2) is 54.6 Å². The second-order valence-electron chi connectivity index (χ2n) is 6.73. The summed E-state index contributed by atoms with van der Waals surface area (Å²) in [6, 6.07) is 16.4. The number of hydrogen-bond acceptors (Lipinski definition) is 6. The number of para-hydroxylation sites is 1. The normalized spacial score (nSPS) is 15.8. The minimum atomic E-state index is -0.884. The smallest absolute Gasteiger partial charge is 0.405 e. The summed E-state index contributed by atoms with van der Waals surface area (Å²) in [6.07, 6.45) is -0.968. The number of benzene rings is 2. The summed E-state index contributed by atoms with van der Waals surface area (Å²) < 4.78 is 5.23. The van der Waals surface area contributed by atoms with Crippen molar-refractivity contribution in [3.8, 4) is 0 Å². The maximum Gasteiger partial charge on any atom is 0.405 e. The summed E-state index contributed by atoms with van der Waals surface area (Å²) in [5.41, 5.74) is 6.97. The Kier molecular flexibility index (Phi) is 6.44. The van der Waals surface area contributed by atoms with E-state index in [1.807, 2.05) is 18.2 Å². The number of primary amides is 1. The van der Waals surface area contributed by atoms with Crippen LogP contribution in [0.4, 0.5) is 16.2 Å². The molecule has 28 heavy (non-hydrogen) atoms. The van der Waals surface area contributed by atoms with Crippen LogP contribution in [0.5, 0.6) is 0 Å². The second-order valence-corrected chi connectivity index (χ2v) is 6.73. The summed E-state index contributed by atoms with van der Waals surface area (Å²) in [5.74, 6) is 0. The van der Waals surface area contributed by atoms with Crippen molar-refractivity contribution >= 4 is 17.5 Å². The fraction of sp³-hybridized carbons (Fsp3) is 0.350. The molecule has 8 heteroatoms.